The van der Waals surface area contributed by atoms with Gasteiger partial charge in [-0.2, -0.15) is 9.78 Å². The first-order chi connectivity index (χ1) is 12.5. The van der Waals surface area contributed by atoms with Crippen LogP contribution in [-0.4, -0.2) is 40.3 Å². The van der Waals surface area contributed by atoms with Crippen LogP contribution in [0.15, 0.2) is 35.1 Å². The van der Waals surface area contributed by atoms with E-state index in [2.05, 4.69) is 12.0 Å². The smallest absolute Gasteiger partial charge is 0.278 e. The Balaban J connectivity index is 2.05. The standard InChI is InChI=1S/C20H25N3O3/c1-4-15-7-5-6-12-22(15)20(25)19-17(26-3)13-18(24)23(21-19)16-10-8-14(2)9-11-16/h8-11,13,15H,4-7,12H2,1-3H3/t15-/m1/s1. The zero-order chi connectivity index (χ0) is 18.7. The number of hydrogen-bond donors (Lipinski definition) is 0. The highest BCUT2D eigenvalue weighted by atomic mass is 16.5. The second-order valence-corrected chi connectivity index (χ2v) is 6.70. The zero-order valence-electron chi connectivity index (χ0n) is 15.6. The molecule has 1 aromatic carbocycles. The summed E-state index contributed by atoms with van der Waals surface area (Å²) in [7, 11) is 1.46. The lowest BCUT2D eigenvalue weighted by Crippen LogP contribution is -2.44. The molecule has 2 heterocycles. The SMILES string of the molecule is CC[C@@H]1CCCCN1C(=O)c1nn(-c2ccc(C)cc2)c(=O)cc1OC. The molecule has 1 atom stereocenters. The third kappa shape index (κ3) is 3.49. The Kier molecular flexibility index (Phi) is 5.40. The van der Waals surface area contributed by atoms with Gasteiger partial charge in [0.2, 0.25) is 0 Å². The number of amides is 1. The van der Waals surface area contributed by atoms with Crippen LogP contribution < -0.4 is 10.3 Å². The Labute approximate surface area is 153 Å². The molecule has 1 aliphatic rings. The summed E-state index contributed by atoms with van der Waals surface area (Å²) in [5, 5.41) is 4.37. The van der Waals surface area contributed by atoms with Crippen molar-refractivity contribution in [1.29, 1.82) is 0 Å². The number of rotatable bonds is 4. The minimum atomic E-state index is -0.326. The molecule has 1 fully saturated rings. The van der Waals surface area contributed by atoms with Gasteiger partial charge >= 0.3 is 0 Å². The summed E-state index contributed by atoms with van der Waals surface area (Å²) in [4.78, 5) is 27.5. The third-order valence-electron chi connectivity index (χ3n) is 4.96. The van der Waals surface area contributed by atoms with Crippen molar-refractivity contribution in [2.45, 2.75) is 45.6 Å². The maximum atomic E-state index is 13.2. The number of methoxy groups -OCH3 is 1. The molecule has 0 saturated carbocycles. The molecule has 1 aliphatic heterocycles. The van der Waals surface area contributed by atoms with E-state index in [9.17, 15) is 9.59 Å². The van der Waals surface area contributed by atoms with E-state index in [0.717, 1.165) is 31.2 Å². The molecule has 2 aromatic rings. The summed E-state index contributed by atoms with van der Waals surface area (Å²) < 4.78 is 6.56. The lowest BCUT2D eigenvalue weighted by molar-refractivity contribution is 0.0596. The summed E-state index contributed by atoms with van der Waals surface area (Å²) in [6.45, 7) is 4.78. The van der Waals surface area contributed by atoms with Crippen LogP contribution in [0.3, 0.4) is 0 Å². The fourth-order valence-electron chi connectivity index (χ4n) is 3.44. The van der Waals surface area contributed by atoms with Crippen LogP contribution in [0.4, 0.5) is 0 Å². The number of carbonyl (C=O) groups is 1. The minimum absolute atomic E-state index is 0.172. The molecular weight excluding hydrogens is 330 g/mol. The summed E-state index contributed by atoms with van der Waals surface area (Å²) in [6.07, 6.45) is 4.03. The van der Waals surface area contributed by atoms with Gasteiger partial charge in [-0.3, -0.25) is 9.59 Å². The van der Waals surface area contributed by atoms with Gasteiger partial charge in [0.1, 0.15) is 0 Å². The van der Waals surface area contributed by atoms with Crippen molar-refractivity contribution >= 4 is 5.91 Å². The van der Waals surface area contributed by atoms with E-state index in [0.29, 0.717) is 12.2 Å². The molecule has 138 valence electrons. The van der Waals surface area contributed by atoms with E-state index in [1.807, 2.05) is 36.1 Å². The fourth-order valence-corrected chi connectivity index (χ4v) is 3.44. The molecule has 1 saturated heterocycles. The molecule has 0 bridgehead atoms. The fraction of sp³-hybridized carbons (Fsp3) is 0.450. The number of hydrogen-bond acceptors (Lipinski definition) is 4. The molecule has 6 nitrogen and oxygen atoms in total. The number of aromatic nitrogens is 2. The number of likely N-dealkylation sites (tertiary alicyclic amines) is 1. The zero-order valence-corrected chi connectivity index (χ0v) is 15.6. The number of carbonyl (C=O) groups excluding carboxylic acids is 1. The largest absolute Gasteiger partial charge is 0.494 e. The molecule has 3 rings (SSSR count). The Bertz CT molecular complexity index is 842. The van der Waals surface area contributed by atoms with E-state index in [4.69, 9.17) is 4.74 Å². The van der Waals surface area contributed by atoms with Gasteiger partial charge in [-0.1, -0.05) is 24.6 Å². The van der Waals surface area contributed by atoms with Crippen LogP contribution in [0.1, 0.15) is 48.7 Å². The minimum Gasteiger partial charge on any atom is -0.494 e. The number of ether oxygens (including phenoxy) is 1. The molecule has 0 unspecified atom stereocenters. The predicted molar refractivity (Wildman–Crippen MR) is 100 cm³/mol. The Morgan fingerprint density at radius 1 is 1.27 bits per heavy atom. The second-order valence-electron chi connectivity index (χ2n) is 6.70. The molecule has 0 radical (unpaired) electrons. The summed E-state index contributed by atoms with van der Waals surface area (Å²) in [5.74, 6) is 0.0537. The molecule has 0 aliphatic carbocycles. The van der Waals surface area contributed by atoms with Crippen molar-refractivity contribution in [1.82, 2.24) is 14.7 Å². The van der Waals surface area contributed by atoms with Crippen LogP contribution in [0, 0.1) is 6.92 Å². The molecule has 1 amide bonds. The number of nitrogens with zero attached hydrogens (tertiary/aromatic N) is 3. The van der Waals surface area contributed by atoms with Crippen molar-refractivity contribution in [3.8, 4) is 11.4 Å². The van der Waals surface area contributed by atoms with Gasteiger partial charge in [-0.05, 0) is 44.7 Å². The quantitative estimate of drug-likeness (QED) is 0.846. The molecule has 1 aromatic heterocycles. The number of aryl methyl sites for hydroxylation is 1. The first-order valence-electron chi connectivity index (χ1n) is 9.11. The van der Waals surface area contributed by atoms with Crippen LogP contribution in [-0.2, 0) is 0 Å². The summed E-state index contributed by atoms with van der Waals surface area (Å²) in [5.41, 5.74) is 1.58. The van der Waals surface area contributed by atoms with Crippen molar-refractivity contribution in [3.05, 3.63) is 51.9 Å². The van der Waals surface area contributed by atoms with E-state index < -0.39 is 0 Å². The van der Waals surface area contributed by atoms with Crippen molar-refractivity contribution < 1.29 is 9.53 Å². The molecule has 0 N–H and O–H groups in total. The Hall–Kier alpha value is -2.63. The lowest BCUT2D eigenvalue weighted by atomic mass is 9.99. The van der Waals surface area contributed by atoms with E-state index in [1.54, 1.807) is 0 Å². The van der Waals surface area contributed by atoms with E-state index in [-0.39, 0.29) is 29.0 Å². The molecule has 0 spiro atoms. The van der Waals surface area contributed by atoms with Crippen LogP contribution >= 0.6 is 0 Å². The first kappa shape index (κ1) is 18.2. The van der Waals surface area contributed by atoms with Gasteiger partial charge in [-0.15, -0.1) is 0 Å². The van der Waals surface area contributed by atoms with Gasteiger partial charge in [0, 0.05) is 12.6 Å². The van der Waals surface area contributed by atoms with E-state index in [1.165, 1.54) is 17.9 Å². The van der Waals surface area contributed by atoms with Crippen LogP contribution in [0.2, 0.25) is 0 Å². The second kappa shape index (κ2) is 7.72. The van der Waals surface area contributed by atoms with Gasteiger partial charge in [-0.25, -0.2) is 0 Å². The molecular formula is C20H25N3O3. The van der Waals surface area contributed by atoms with Crippen LogP contribution in [0.5, 0.6) is 5.75 Å². The molecule has 26 heavy (non-hydrogen) atoms. The third-order valence-corrected chi connectivity index (χ3v) is 4.96. The van der Waals surface area contributed by atoms with Gasteiger partial charge in [0.05, 0.1) is 18.9 Å². The highest BCUT2D eigenvalue weighted by Gasteiger charge is 2.30. The molecule has 6 heteroatoms. The maximum Gasteiger partial charge on any atom is 0.278 e. The van der Waals surface area contributed by atoms with Crippen molar-refractivity contribution in [2.75, 3.05) is 13.7 Å². The average Bonchev–Trinajstić information content (AvgIpc) is 2.68. The first-order valence-corrected chi connectivity index (χ1v) is 9.11. The monoisotopic (exact) mass is 355 g/mol. The van der Waals surface area contributed by atoms with E-state index >= 15 is 0 Å². The topological polar surface area (TPSA) is 64.4 Å². The Morgan fingerprint density at radius 2 is 2.00 bits per heavy atom. The summed E-state index contributed by atoms with van der Waals surface area (Å²) >= 11 is 0. The maximum absolute atomic E-state index is 13.2. The normalized spacial score (nSPS) is 17.2. The Morgan fingerprint density at radius 3 is 2.65 bits per heavy atom. The number of piperidine rings is 1. The highest BCUT2D eigenvalue weighted by molar-refractivity contribution is 5.95. The van der Waals surface area contributed by atoms with Crippen molar-refractivity contribution in [3.63, 3.8) is 0 Å². The highest BCUT2D eigenvalue weighted by Crippen LogP contribution is 2.24. The average molecular weight is 355 g/mol. The predicted octanol–water partition coefficient (Wildman–Crippen LogP) is 2.95. The van der Waals surface area contributed by atoms with Crippen molar-refractivity contribution in [2.24, 2.45) is 0 Å². The number of benzene rings is 1. The lowest BCUT2D eigenvalue weighted by Gasteiger charge is -2.35. The van der Waals surface area contributed by atoms with Gasteiger partial charge in [0.15, 0.2) is 11.4 Å². The van der Waals surface area contributed by atoms with Gasteiger partial charge < -0.3 is 9.64 Å². The summed E-state index contributed by atoms with van der Waals surface area (Å²) in [6, 6.07) is 9.01. The van der Waals surface area contributed by atoms with Gasteiger partial charge in [0.25, 0.3) is 11.5 Å². The van der Waals surface area contributed by atoms with Crippen LogP contribution in [0.25, 0.3) is 5.69 Å².